The summed E-state index contributed by atoms with van der Waals surface area (Å²) >= 11 is 1.71. The van der Waals surface area contributed by atoms with Crippen LogP contribution in [0.2, 0.25) is 0 Å². The predicted molar refractivity (Wildman–Crippen MR) is 102 cm³/mol. The molecule has 4 nitrogen and oxygen atoms in total. The molecule has 0 saturated heterocycles. The van der Waals surface area contributed by atoms with Crippen molar-refractivity contribution in [3.8, 4) is 11.3 Å². The van der Waals surface area contributed by atoms with Gasteiger partial charge in [0.15, 0.2) is 5.16 Å². The highest BCUT2D eigenvalue weighted by molar-refractivity contribution is 7.99. The molecule has 25 heavy (non-hydrogen) atoms. The molecular weight excluding hydrogens is 335 g/mol. The van der Waals surface area contributed by atoms with Crippen LogP contribution in [0, 0.1) is 12.7 Å². The van der Waals surface area contributed by atoms with E-state index < -0.39 is 0 Å². The molecule has 0 fully saturated rings. The Bertz CT molecular complexity index is 848. The number of pyridine rings is 1. The smallest absolute Gasteiger partial charge is 0.168 e. The van der Waals surface area contributed by atoms with Crippen molar-refractivity contribution in [2.24, 2.45) is 7.05 Å². The Hall–Kier alpha value is -2.34. The van der Waals surface area contributed by atoms with Crippen LogP contribution < -0.4 is 4.90 Å². The van der Waals surface area contributed by atoms with Crippen molar-refractivity contribution in [2.45, 2.75) is 12.1 Å². The normalized spacial score (nSPS) is 10.9. The van der Waals surface area contributed by atoms with Crippen LogP contribution in [-0.4, -0.2) is 33.9 Å². The fourth-order valence-electron chi connectivity index (χ4n) is 2.60. The number of halogens is 1. The summed E-state index contributed by atoms with van der Waals surface area (Å²) in [5, 5.41) is 0.958. The molecule has 0 aliphatic heterocycles. The summed E-state index contributed by atoms with van der Waals surface area (Å²) in [6, 6.07) is 9.16. The minimum Gasteiger partial charge on any atom is -0.374 e. The SMILES string of the molecule is Cc1cc(-c2cnc(SCCN(C)c3ccncc3)n2C)ccc1F. The number of imidazole rings is 1. The number of benzene rings is 1. The van der Waals surface area contributed by atoms with Crippen LogP contribution in [0.3, 0.4) is 0 Å². The zero-order chi connectivity index (χ0) is 17.8. The largest absolute Gasteiger partial charge is 0.374 e. The highest BCUT2D eigenvalue weighted by Crippen LogP contribution is 2.26. The Balaban J connectivity index is 1.64. The molecule has 6 heteroatoms. The van der Waals surface area contributed by atoms with E-state index >= 15 is 0 Å². The van der Waals surface area contributed by atoms with E-state index in [9.17, 15) is 4.39 Å². The number of rotatable bonds is 6. The first kappa shape index (κ1) is 17.5. The van der Waals surface area contributed by atoms with Crippen LogP contribution in [0.1, 0.15) is 5.56 Å². The molecule has 0 atom stereocenters. The summed E-state index contributed by atoms with van der Waals surface area (Å²) in [5.74, 6) is 0.741. The number of hydrogen-bond donors (Lipinski definition) is 0. The molecule has 0 N–H and O–H groups in total. The van der Waals surface area contributed by atoms with Crippen molar-refractivity contribution in [3.63, 3.8) is 0 Å². The number of nitrogens with zero attached hydrogens (tertiary/aromatic N) is 4. The van der Waals surface area contributed by atoms with Gasteiger partial charge < -0.3 is 9.47 Å². The molecule has 0 amide bonds. The topological polar surface area (TPSA) is 34.0 Å². The van der Waals surface area contributed by atoms with Crippen LogP contribution in [0.25, 0.3) is 11.3 Å². The van der Waals surface area contributed by atoms with Crippen molar-refractivity contribution >= 4 is 17.4 Å². The number of thioether (sulfide) groups is 1. The highest BCUT2D eigenvalue weighted by Gasteiger charge is 2.11. The third-order valence-corrected chi connectivity index (χ3v) is 5.18. The van der Waals surface area contributed by atoms with Gasteiger partial charge in [0.2, 0.25) is 0 Å². The summed E-state index contributed by atoms with van der Waals surface area (Å²) in [7, 11) is 4.07. The highest BCUT2D eigenvalue weighted by atomic mass is 32.2. The van der Waals surface area contributed by atoms with Gasteiger partial charge in [-0.15, -0.1) is 0 Å². The van der Waals surface area contributed by atoms with Gasteiger partial charge in [-0.3, -0.25) is 4.98 Å². The maximum Gasteiger partial charge on any atom is 0.168 e. The fourth-order valence-corrected chi connectivity index (χ4v) is 3.57. The van der Waals surface area contributed by atoms with Crippen LogP contribution in [0.5, 0.6) is 0 Å². The van der Waals surface area contributed by atoms with E-state index in [1.54, 1.807) is 37.1 Å². The maximum atomic E-state index is 13.5. The van der Waals surface area contributed by atoms with Crippen LogP contribution in [0.4, 0.5) is 10.1 Å². The van der Waals surface area contributed by atoms with Gasteiger partial charge in [0.05, 0.1) is 11.9 Å². The number of aromatic nitrogens is 3. The summed E-state index contributed by atoms with van der Waals surface area (Å²) in [6.45, 7) is 2.69. The number of anilines is 1. The standard InChI is InChI=1S/C19H21FN4S/c1-14-12-15(4-5-17(14)20)18-13-22-19(24(18)3)25-11-10-23(2)16-6-8-21-9-7-16/h4-9,12-13H,10-11H2,1-3H3. The Morgan fingerprint density at radius 3 is 2.68 bits per heavy atom. The Kier molecular flexibility index (Phi) is 5.38. The van der Waals surface area contributed by atoms with Gasteiger partial charge >= 0.3 is 0 Å². The average molecular weight is 356 g/mol. The third-order valence-electron chi connectivity index (χ3n) is 4.16. The summed E-state index contributed by atoms with van der Waals surface area (Å²) in [5.41, 5.74) is 3.77. The quantitative estimate of drug-likeness (QED) is 0.621. The van der Waals surface area contributed by atoms with E-state index in [2.05, 4.69) is 26.5 Å². The molecule has 2 heterocycles. The molecule has 3 rings (SSSR count). The second kappa shape index (κ2) is 7.70. The van der Waals surface area contributed by atoms with Crippen LogP contribution in [0.15, 0.2) is 54.1 Å². The van der Waals surface area contributed by atoms with Gasteiger partial charge in [0.25, 0.3) is 0 Å². The Morgan fingerprint density at radius 1 is 1.20 bits per heavy atom. The molecule has 0 unspecified atom stereocenters. The van der Waals surface area contributed by atoms with Gasteiger partial charge in [0, 0.05) is 50.0 Å². The van der Waals surface area contributed by atoms with Crippen molar-refractivity contribution in [1.29, 1.82) is 0 Å². The van der Waals surface area contributed by atoms with Gasteiger partial charge in [-0.2, -0.15) is 0 Å². The number of aryl methyl sites for hydroxylation is 1. The Labute approximate surface area is 151 Å². The molecular formula is C19H21FN4S. The van der Waals surface area contributed by atoms with Gasteiger partial charge in [-0.1, -0.05) is 11.8 Å². The van der Waals surface area contributed by atoms with E-state index in [1.807, 2.05) is 31.4 Å². The van der Waals surface area contributed by atoms with Crippen molar-refractivity contribution in [3.05, 3.63) is 60.3 Å². The lowest BCUT2D eigenvalue weighted by Crippen LogP contribution is -2.20. The minimum atomic E-state index is -0.181. The first-order chi connectivity index (χ1) is 12.1. The molecule has 130 valence electrons. The molecule has 0 saturated carbocycles. The molecule has 3 aromatic rings. The van der Waals surface area contributed by atoms with Gasteiger partial charge in [0.1, 0.15) is 5.82 Å². The maximum absolute atomic E-state index is 13.5. The van der Waals surface area contributed by atoms with Crippen molar-refractivity contribution in [1.82, 2.24) is 14.5 Å². The molecule has 0 aliphatic rings. The van der Waals surface area contributed by atoms with Crippen molar-refractivity contribution in [2.75, 3.05) is 24.2 Å². The monoisotopic (exact) mass is 356 g/mol. The van der Waals surface area contributed by atoms with Crippen LogP contribution >= 0.6 is 11.8 Å². The second-order valence-electron chi connectivity index (χ2n) is 5.92. The molecule has 0 spiro atoms. The van der Waals surface area contributed by atoms with Crippen molar-refractivity contribution < 1.29 is 4.39 Å². The van der Waals surface area contributed by atoms with E-state index in [0.717, 1.165) is 34.4 Å². The summed E-state index contributed by atoms with van der Waals surface area (Å²) < 4.78 is 15.5. The zero-order valence-electron chi connectivity index (χ0n) is 14.6. The first-order valence-electron chi connectivity index (χ1n) is 8.08. The second-order valence-corrected chi connectivity index (χ2v) is 6.99. The van der Waals surface area contributed by atoms with Crippen LogP contribution in [-0.2, 0) is 7.05 Å². The molecule has 0 aliphatic carbocycles. The third kappa shape index (κ3) is 4.02. The van der Waals surface area contributed by atoms with Gasteiger partial charge in [-0.05, 0) is 42.8 Å². The van der Waals surface area contributed by atoms with E-state index in [4.69, 9.17) is 0 Å². The Morgan fingerprint density at radius 2 is 1.96 bits per heavy atom. The lowest BCUT2D eigenvalue weighted by atomic mass is 10.1. The lowest BCUT2D eigenvalue weighted by Gasteiger charge is -2.18. The molecule has 1 aromatic carbocycles. The first-order valence-corrected chi connectivity index (χ1v) is 9.07. The predicted octanol–water partition coefficient (Wildman–Crippen LogP) is 4.16. The molecule has 0 bridgehead atoms. The number of hydrogen-bond acceptors (Lipinski definition) is 4. The summed E-state index contributed by atoms with van der Waals surface area (Å²) in [6.07, 6.45) is 5.45. The molecule has 0 radical (unpaired) electrons. The summed E-state index contributed by atoms with van der Waals surface area (Å²) in [4.78, 5) is 10.8. The van der Waals surface area contributed by atoms with E-state index in [0.29, 0.717) is 5.56 Å². The molecule has 2 aromatic heterocycles. The van der Waals surface area contributed by atoms with E-state index in [-0.39, 0.29) is 5.82 Å². The average Bonchev–Trinajstić information content (AvgIpc) is 2.99. The minimum absolute atomic E-state index is 0.181. The lowest BCUT2D eigenvalue weighted by molar-refractivity contribution is 0.618. The van der Waals surface area contributed by atoms with E-state index in [1.165, 1.54) is 6.07 Å². The fraction of sp³-hybridized carbons (Fsp3) is 0.263. The van der Waals surface area contributed by atoms with Gasteiger partial charge in [-0.25, -0.2) is 9.37 Å². The zero-order valence-corrected chi connectivity index (χ0v) is 15.4.